The van der Waals surface area contributed by atoms with Gasteiger partial charge in [-0.1, -0.05) is 24.3 Å². The standard InChI is InChI=1S/C26H22N2O5/c29-20-15-23(30)25(24(31)16-20)26(32)28-13-8-17-4-6-21(7-5-17)33-22-3-1-2-19(14-22)18-9-11-27-12-10-18/h1-7,9-12,14-16,29-31H,8,13H2,(H,28,32). The van der Waals surface area contributed by atoms with Crippen LogP contribution in [-0.2, 0) is 6.42 Å². The van der Waals surface area contributed by atoms with Crippen LogP contribution in [0.1, 0.15) is 15.9 Å². The number of ether oxygens (including phenoxy) is 1. The maximum atomic E-state index is 12.2. The first-order valence-electron chi connectivity index (χ1n) is 10.3. The highest BCUT2D eigenvalue weighted by Gasteiger charge is 2.17. The summed E-state index contributed by atoms with van der Waals surface area (Å²) in [6, 6.07) is 21.2. The third-order valence-corrected chi connectivity index (χ3v) is 5.01. The second-order valence-corrected chi connectivity index (χ2v) is 7.37. The number of aromatic hydroxyl groups is 3. The van der Waals surface area contributed by atoms with Gasteiger partial charge >= 0.3 is 0 Å². The molecule has 0 fully saturated rings. The molecule has 4 rings (SSSR count). The summed E-state index contributed by atoms with van der Waals surface area (Å²) in [5.41, 5.74) is 2.80. The highest BCUT2D eigenvalue weighted by Crippen LogP contribution is 2.31. The minimum absolute atomic E-state index is 0.273. The quantitative estimate of drug-likeness (QED) is 0.332. The van der Waals surface area contributed by atoms with E-state index in [1.165, 1.54) is 0 Å². The van der Waals surface area contributed by atoms with Crippen molar-refractivity contribution in [3.8, 4) is 39.9 Å². The Morgan fingerprint density at radius 1 is 0.818 bits per heavy atom. The van der Waals surface area contributed by atoms with E-state index in [0.717, 1.165) is 34.6 Å². The van der Waals surface area contributed by atoms with Gasteiger partial charge in [0.2, 0.25) is 0 Å². The van der Waals surface area contributed by atoms with Crippen molar-refractivity contribution in [1.29, 1.82) is 0 Å². The van der Waals surface area contributed by atoms with Gasteiger partial charge in [0.1, 0.15) is 34.3 Å². The predicted octanol–water partition coefficient (Wildman–Crippen LogP) is 4.63. The lowest BCUT2D eigenvalue weighted by molar-refractivity contribution is 0.0948. The Morgan fingerprint density at radius 2 is 1.52 bits per heavy atom. The summed E-state index contributed by atoms with van der Waals surface area (Å²) in [7, 11) is 0. The molecule has 0 saturated carbocycles. The van der Waals surface area contributed by atoms with Crippen LogP contribution in [0, 0.1) is 0 Å². The maximum Gasteiger partial charge on any atom is 0.258 e. The normalized spacial score (nSPS) is 10.5. The van der Waals surface area contributed by atoms with Gasteiger partial charge in [-0.2, -0.15) is 0 Å². The Bertz CT molecular complexity index is 1230. The van der Waals surface area contributed by atoms with Crippen molar-refractivity contribution < 1.29 is 24.9 Å². The molecule has 0 unspecified atom stereocenters. The number of benzene rings is 3. The van der Waals surface area contributed by atoms with Gasteiger partial charge in [-0.05, 0) is 59.5 Å². The molecule has 4 N–H and O–H groups in total. The van der Waals surface area contributed by atoms with Crippen molar-refractivity contribution in [2.75, 3.05) is 6.54 Å². The smallest absolute Gasteiger partial charge is 0.258 e. The van der Waals surface area contributed by atoms with E-state index in [4.69, 9.17) is 4.74 Å². The molecule has 0 radical (unpaired) electrons. The minimum atomic E-state index is -0.626. The van der Waals surface area contributed by atoms with Crippen LogP contribution in [0.2, 0.25) is 0 Å². The van der Waals surface area contributed by atoms with Crippen LogP contribution >= 0.6 is 0 Å². The van der Waals surface area contributed by atoms with Crippen LogP contribution in [0.15, 0.2) is 85.2 Å². The van der Waals surface area contributed by atoms with Crippen molar-refractivity contribution in [2.45, 2.75) is 6.42 Å². The summed E-state index contributed by atoms with van der Waals surface area (Å²) in [6.45, 7) is 0.298. The van der Waals surface area contributed by atoms with Gasteiger partial charge in [-0.25, -0.2) is 0 Å². The molecule has 0 aliphatic carbocycles. The zero-order chi connectivity index (χ0) is 23.2. The average Bonchev–Trinajstić information content (AvgIpc) is 2.80. The van der Waals surface area contributed by atoms with Gasteiger partial charge in [-0.15, -0.1) is 0 Å². The molecule has 0 aliphatic heterocycles. The Balaban J connectivity index is 1.33. The van der Waals surface area contributed by atoms with Crippen molar-refractivity contribution in [1.82, 2.24) is 10.3 Å². The Labute approximate surface area is 190 Å². The molecule has 33 heavy (non-hydrogen) atoms. The van der Waals surface area contributed by atoms with Crippen LogP contribution in [0.25, 0.3) is 11.1 Å². The van der Waals surface area contributed by atoms with Gasteiger partial charge in [0.05, 0.1) is 0 Å². The zero-order valence-electron chi connectivity index (χ0n) is 17.6. The lowest BCUT2D eigenvalue weighted by Crippen LogP contribution is -2.25. The Kier molecular flexibility index (Phi) is 6.40. The van der Waals surface area contributed by atoms with E-state index in [9.17, 15) is 20.1 Å². The zero-order valence-corrected chi connectivity index (χ0v) is 17.6. The van der Waals surface area contributed by atoms with E-state index in [0.29, 0.717) is 18.7 Å². The lowest BCUT2D eigenvalue weighted by atomic mass is 10.1. The second-order valence-electron chi connectivity index (χ2n) is 7.37. The van der Waals surface area contributed by atoms with Gasteiger partial charge in [0.25, 0.3) is 5.91 Å². The predicted molar refractivity (Wildman–Crippen MR) is 124 cm³/mol. The van der Waals surface area contributed by atoms with E-state index >= 15 is 0 Å². The molecule has 0 atom stereocenters. The fourth-order valence-electron chi connectivity index (χ4n) is 3.38. The molecule has 4 aromatic rings. The number of nitrogens with one attached hydrogen (secondary N) is 1. The monoisotopic (exact) mass is 442 g/mol. The largest absolute Gasteiger partial charge is 0.508 e. The number of carbonyl (C=O) groups is 1. The number of aromatic nitrogens is 1. The molecule has 1 aromatic heterocycles. The molecule has 7 heteroatoms. The molecule has 0 bridgehead atoms. The fourth-order valence-corrected chi connectivity index (χ4v) is 3.38. The highest BCUT2D eigenvalue weighted by atomic mass is 16.5. The summed E-state index contributed by atoms with van der Waals surface area (Å²) in [6.07, 6.45) is 4.05. The fraction of sp³-hybridized carbons (Fsp3) is 0.0769. The Hall–Kier alpha value is -4.52. The molecule has 166 valence electrons. The number of hydrogen-bond acceptors (Lipinski definition) is 6. The summed E-state index contributed by atoms with van der Waals surface area (Å²) in [5.74, 6) is -0.516. The lowest BCUT2D eigenvalue weighted by Gasteiger charge is -2.10. The van der Waals surface area contributed by atoms with Crippen LogP contribution in [0.4, 0.5) is 0 Å². The van der Waals surface area contributed by atoms with Crippen molar-refractivity contribution in [3.63, 3.8) is 0 Å². The van der Waals surface area contributed by atoms with E-state index in [-0.39, 0.29) is 11.3 Å². The van der Waals surface area contributed by atoms with Crippen LogP contribution in [0.3, 0.4) is 0 Å². The van der Waals surface area contributed by atoms with Gasteiger partial charge in [0, 0.05) is 31.1 Å². The minimum Gasteiger partial charge on any atom is -0.508 e. The number of hydrogen-bond donors (Lipinski definition) is 4. The number of carbonyl (C=O) groups excluding carboxylic acids is 1. The van der Waals surface area contributed by atoms with Crippen LogP contribution < -0.4 is 10.1 Å². The van der Waals surface area contributed by atoms with E-state index < -0.39 is 17.4 Å². The van der Waals surface area contributed by atoms with Crippen LogP contribution in [0.5, 0.6) is 28.7 Å². The van der Waals surface area contributed by atoms with Crippen LogP contribution in [-0.4, -0.2) is 32.8 Å². The third-order valence-electron chi connectivity index (χ3n) is 5.01. The summed E-state index contributed by atoms with van der Waals surface area (Å²) < 4.78 is 5.97. The highest BCUT2D eigenvalue weighted by molar-refractivity contribution is 5.99. The first-order valence-corrected chi connectivity index (χ1v) is 10.3. The molecule has 3 aromatic carbocycles. The molecular weight excluding hydrogens is 420 g/mol. The number of amides is 1. The number of phenols is 3. The summed E-state index contributed by atoms with van der Waals surface area (Å²) >= 11 is 0. The number of nitrogens with zero attached hydrogens (tertiary/aromatic N) is 1. The number of pyridine rings is 1. The van der Waals surface area contributed by atoms with Gasteiger partial charge in [0.15, 0.2) is 0 Å². The number of phenolic OH excluding ortho intramolecular Hbond substituents is 3. The number of rotatable bonds is 7. The third kappa shape index (κ3) is 5.40. The second kappa shape index (κ2) is 9.74. The molecule has 0 spiro atoms. The van der Waals surface area contributed by atoms with Crippen molar-refractivity contribution >= 4 is 5.91 Å². The first-order chi connectivity index (χ1) is 16.0. The van der Waals surface area contributed by atoms with E-state index in [1.807, 2.05) is 60.7 Å². The van der Waals surface area contributed by atoms with Gasteiger partial charge in [-0.3, -0.25) is 9.78 Å². The van der Waals surface area contributed by atoms with Gasteiger partial charge < -0.3 is 25.4 Å². The topological polar surface area (TPSA) is 112 Å². The molecule has 7 nitrogen and oxygen atoms in total. The van der Waals surface area contributed by atoms with Crippen molar-refractivity contribution in [3.05, 3.63) is 96.3 Å². The average molecular weight is 442 g/mol. The maximum absolute atomic E-state index is 12.2. The molecule has 0 aliphatic rings. The molecule has 1 heterocycles. The molecule has 1 amide bonds. The summed E-state index contributed by atoms with van der Waals surface area (Å²) in [5, 5.41) is 31.6. The molecular formula is C26H22N2O5. The SMILES string of the molecule is O=C(NCCc1ccc(Oc2cccc(-c3ccncc3)c2)cc1)c1c(O)cc(O)cc1O. The molecule has 0 saturated heterocycles. The first kappa shape index (κ1) is 21.7. The van der Waals surface area contributed by atoms with Crippen molar-refractivity contribution in [2.24, 2.45) is 0 Å². The Morgan fingerprint density at radius 3 is 2.21 bits per heavy atom. The van der Waals surface area contributed by atoms with E-state index in [1.54, 1.807) is 12.4 Å². The van der Waals surface area contributed by atoms with E-state index in [2.05, 4.69) is 10.3 Å². The summed E-state index contributed by atoms with van der Waals surface area (Å²) in [4.78, 5) is 16.3.